The van der Waals surface area contributed by atoms with Crippen molar-refractivity contribution in [1.82, 2.24) is 4.90 Å². The Morgan fingerprint density at radius 1 is 0.825 bits per heavy atom. The lowest BCUT2D eigenvalue weighted by molar-refractivity contribution is -0.140. The molecule has 1 saturated heterocycles. The molecule has 7 rings (SSSR count). The van der Waals surface area contributed by atoms with Gasteiger partial charge in [0.15, 0.2) is 0 Å². The Morgan fingerprint density at radius 3 is 1.70 bits per heavy atom. The topological polar surface area (TPSA) is 92.8 Å². The minimum absolute atomic E-state index is 0.109. The number of anilines is 1. The van der Waals surface area contributed by atoms with Crippen LogP contribution in [0.5, 0.6) is 0 Å². The van der Waals surface area contributed by atoms with Crippen LogP contribution < -0.4 is 5.32 Å². The molecule has 4 aliphatic rings. The molecule has 3 amide bonds. The third kappa shape index (κ3) is 3.71. The van der Waals surface area contributed by atoms with Crippen molar-refractivity contribution in [3.05, 3.63) is 101 Å². The van der Waals surface area contributed by atoms with Gasteiger partial charge >= 0.3 is 5.97 Å². The van der Waals surface area contributed by atoms with Crippen molar-refractivity contribution in [3.63, 3.8) is 0 Å². The Hall–Kier alpha value is -3.68. The molecule has 1 N–H and O–H groups in total. The number of halogens is 2. The highest BCUT2D eigenvalue weighted by Gasteiger charge is 2.72. The van der Waals surface area contributed by atoms with Crippen LogP contribution in [0, 0.1) is 11.8 Å². The lowest BCUT2D eigenvalue weighted by Gasteiger charge is -2.54. The summed E-state index contributed by atoms with van der Waals surface area (Å²) in [6.07, 6.45) is -0.356. The second-order valence-electron chi connectivity index (χ2n) is 10.6. The zero-order valence-corrected chi connectivity index (χ0v) is 23.3. The van der Waals surface area contributed by atoms with Crippen LogP contribution in [0.4, 0.5) is 5.69 Å². The highest BCUT2D eigenvalue weighted by Crippen LogP contribution is 2.69. The number of amides is 3. The Kier molecular flexibility index (Phi) is 6.28. The van der Waals surface area contributed by atoms with Crippen LogP contribution >= 0.6 is 23.2 Å². The molecule has 0 spiro atoms. The van der Waals surface area contributed by atoms with E-state index in [4.69, 9.17) is 27.9 Å². The van der Waals surface area contributed by atoms with Crippen molar-refractivity contribution in [1.29, 1.82) is 0 Å². The molecule has 7 nitrogen and oxygen atoms in total. The fraction of sp³-hybridized carbons (Fsp3) is 0.290. The molecule has 3 aromatic rings. The zero-order chi connectivity index (χ0) is 28.4. The zero-order valence-electron chi connectivity index (χ0n) is 21.8. The smallest absolute Gasteiger partial charge is 0.338 e. The monoisotopic (exact) mass is 576 g/mol. The molecule has 2 bridgehead atoms. The molecule has 3 aliphatic carbocycles. The van der Waals surface area contributed by atoms with E-state index in [9.17, 15) is 19.2 Å². The summed E-state index contributed by atoms with van der Waals surface area (Å²) in [7, 11) is 0. The van der Waals surface area contributed by atoms with Crippen molar-refractivity contribution < 1.29 is 23.9 Å². The number of likely N-dealkylation sites (tertiary alicyclic amines) is 1. The third-order valence-corrected chi connectivity index (χ3v) is 9.27. The van der Waals surface area contributed by atoms with Crippen molar-refractivity contribution >= 4 is 52.6 Å². The standard InChI is InChI=1S/C31H26Cl2N2O5/c1-17(2)40-29(39)18-11-13-19(14-12-18)34-24(36)15-16-35-27(37)25-26(28(35)38)31(33)21-8-4-3-7-20(21)30(25,32)22-9-5-6-10-23(22)31/h3-14,17,25-26H,15-16H2,1-2H3,(H,34,36)/t25-,26-,30?,31?/m0/s1. The first-order chi connectivity index (χ1) is 19.1. The number of hydrogen-bond donors (Lipinski definition) is 1. The number of benzene rings is 3. The second-order valence-corrected chi connectivity index (χ2v) is 11.8. The van der Waals surface area contributed by atoms with E-state index >= 15 is 0 Å². The minimum Gasteiger partial charge on any atom is -0.459 e. The van der Waals surface area contributed by atoms with E-state index < -0.39 is 39.4 Å². The molecular weight excluding hydrogens is 551 g/mol. The van der Waals surface area contributed by atoms with E-state index in [0.717, 1.165) is 27.2 Å². The van der Waals surface area contributed by atoms with Gasteiger partial charge in [-0.05, 0) is 60.4 Å². The van der Waals surface area contributed by atoms with Gasteiger partial charge in [0.2, 0.25) is 17.7 Å². The molecule has 1 fully saturated rings. The number of nitrogens with zero attached hydrogens (tertiary/aromatic N) is 1. The van der Waals surface area contributed by atoms with Gasteiger partial charge in [-0.25, -0.2) is 4.79 Å². The van der Waals surface area contributed by atoms with Crippen LogP contribution in [0.3, 0.4) is 0 Å². The number of carbonyl (C=O) groups excluding carboxylic acids is 4. The Labute approximate surface area is 241 Å². The number of alkyl halides is 2. The summed E-state index contributed by atoms with van der Waals surface area (Å²) in [5.41, 5.74) is 3.76. The first kappa shape index (κ1) is 26.5. The summed E-state index contributed by atoms with van der Waals surface area (Å²) >= 11 is 14.8. The van der Waals surface area contributed by atoms with Gasteiger partial charge in [0, 0.05) is 18.7 Å². The summed E-state index contributed by atoms with van der Waals surface area (Å²) in [6.45, 7) is 3.42. The van der Waals surface area contributed by atoms with Crippen LogP contribution in [-0.4, -0.2) is 41.2 Å². The summed E-state index contributed by atoms with van der Waals surface area (Å²) in [5, 5.41) is 2.75. The quantitative estimate of drug-likeness (QED) is 0.248. The number of imide groups is 1. The van der Waals surface area contributed by atoms with Gasteiger partial charge < -0.3 is 10.1 Å². The maximum atomic E-state index is 13.8. The predicted molar refractivity (Wildman–Crippen MR) is 150 cm³/mol. The van der Waals surface area contributed by atoms with Crippen LogP contribution in [0.2, 0.25) is 0 Å². The minimum atomic E-state index is -1.25. The summed E-state index contributed by atoms with van der Waals surface area (Å²) in [4.78, 5) is 51.1. The molecule has 1 aliphatic heterocycles. The number of carbonyl (C=O) groups is 4. The maximum Gasteiger partial charge on any atom is 0.338 e. The molecule has 3 aromatic carbocycles. The maximum absolute atomic E-state index is 13.8. The molecule has 0 saturated carbocycles. The van der Waals surface area contributed by atoms with Crippen molar-refractivity contribution in [2.75, 3.05) is 11.9 Å². The first-order valence-electron chi connectivity index (χ1n) is 13.1. The van der Waals surface area contributed by atoms with E-state index in [1.54, 1.807) is 38.1 Å². The fourth-order valence-electron chi connectivity index (χ4n) is 6.35. The van der Waals surface area contributed by atoms with Gasteiger partial charge in [-0.15, -0.1) is 23.2 Å². The summed E-state index contributed by atoms with van der Waals surface area (Å²) in [6, 6.07) is 21.2. The van der Waals surface area contributed by atoms with Crippen molar-refractivity contribution in [2.45, 2.75) is 36.1 Å². The van der Waals surface area contributed by atoms with Crippen LogP contribution in [0.15, 0.2) is 72.8 Å². The van der Waals surface area contributed by atoms with E-state index in [-0.39, 0.29) is 25.0 Å². The van der Waals surface area contributed by atoms with Crippen LogP contribution in [0.1, 0.15) is 52.9 Å². The summed E-state index contributed by atoms with van der Waals surface area (Å²) < 4.78 is 5.17. The average Bonchev–Trinajstić information content (AvgIpc) is 3.20. The average molecular weight is 577 g/mol. The van der Waals surface area contributed by atoms with E-state index in [1.807, 2.05) is 48.5 Å². The summed E-state index contributed by atoms with van der Waals surface area (Å²) in [5.74, 6) is -3.49. The predicted octanol–water partition coefficient (Wildman–Crippen LogP) is 5.17. The number of rotatable bonds is 6. The molecule has 0 aromatic heterocycles. The number of nitrogens with one attached hydrogen (secondary N) is 1. The van der Waals surface area contributed by atoms with Gasteiger partial charge in [-0.2, -0.15) is 0 Å². The molecule has 0 radical (unpaired) electrons. The highest BCUT2D eigenvalue weighted by atomic mass is 35.5. The van der Waals surface area contributed by atoms with Crippen LogP contribution in [0.25, 0.3) is 0 Å². The van der Waals surface area contributed by atoms with Crippen LogP contribution in [-0.2, 0) is 28.9 Å². The van der Waals surface area contributed by atoms with E-state index in [2.05, 4.69) is 5.32 Å². The van der Waals surface area contributed by atoms with Gasteiger partial charge in [-0.1, -0.05) is 48.5 Å². The van der Waals surface area contributed by atoms with Gasteiger partial charge in [0.05, 0.1) is 23.5 Å². The molecule has 0 unspecified atom stereocenters. The Bertz CT molecular complexity index is 1450. The Balaban J connectivity index is 1.22. The van der Waals surface area contributed by atoms with Gasteiger partial charge in [0.25, 0.3) is 0 Å². The van der Waals surface area contributed by atoms with Gasteiger partial charge in [-0.3, -0.25) is 19.3 Å². The SMILES string of the molecule is CC(C)OC(=O)c1ccc(NC(=O)CCN2C(=O)[C@@H]3[C@@H](C2=O)C2(Cl)c4ccccc4C3(Cl)c3ccccc32)cc1. The van der Waals surface area contributed by atoms with Crippen molar-refractivity contribution in [2.24, 2.45) is 11.8 Å². The number of hydrogen-bond acceptors (Lipinski definition) is 5. The fourth-order valence-corrected chi connectivity index (χ4v) is 7.45. The lowest BCUT2D eigenvalue weighted by atomic mass is 9.54. The Morgan fingerprint density at radius 2 is 1.27 bits per heavy atom. The van der Waals surface area contributed by atoms with Crippen molar-refractivity contribution in [3.8, 4) is 0 Å². The van der Waals surface area contributed by atoms with Gasteiger partial charge in [0.1, 0.15) is 9.75 Å². The van der Waals surface area contributed by atoms with E-state index in [1.165, 1.54) is 0 Å². The molecule has 40 heavy (non-hydrogen) atoms. The first-order valence-corrected chi connectivity index (χ1v) is 13.9. The molecular formula is C31H26Cl2N2O5. The largest absolute Gasteiger partial charge is 0.459 e. The molecule has 2 atom stereocenters. The normalized spacial score (nSPS) is 25.9. The number of ether oxygens (including phenoxy) is 1. The number of esters is 1. The molecule has 1 heterocycles. The third-order valence-electron chi connectivity index (χ3n) is 7.99. The highest BCUT2D eigenvalue weighted by molar-refractivity contribution is 6.36. The molecule has 9 heteroatoms. The lowest BCUT2D eigenvalue weighted by Crippen LogP contribution is -2.57. The second kappa shape index (κ2) is 9.46. The van der Waals surface area contributed by atoms with E-state index in [0.29, 0.717) is 11.3 Å². The molecule has 204 valence electrons.